The fourth-order valence-electron chi connectivity index (χ4n) is 1.46. The third kappa shape index (κ3) is 1.95. The van der Waals surface area contributed by atoms with Gasteiger partial charge in [0.2, 0.25) is 0 Å². The monoisotopic (exact) mass is 219 g/mol. The summed E-state index contributed by atoms with van der Waals surface area (Å²) in [6.07, 6.45) is 1.67. The molecule has 0 saturated carbocycles. The molecule has 0 amide bonds. The van der Waals surface area contributed by atoms with Gasteiger partial charge in [0.15, 0.2) is 10.9 Å². The van der Waals surface area contributed by atoms with Gasteiger partial charge in [-0.15, -0.1) is 0 Å². The van der Waals surface area contributed by atoms with Crippen molar-refractivity contribution < 1.29 is 4.74 Å². The number of methoxy groups -OCH3 is 1. The summed E-state index contributed by atoms with van der Waals surface area (Å²) >= 11 is 5.94. The quantitative estimate of drug-likeness (QED) is 0.723. The largest absolute Gasteiger partial charge is 0.493 e. The van der Waals surface area contributed by atoms with Gasteiger partial charge in [-0.05, 0) is 11.6 Å². The molecule has 1 aromatic heterocycles. The summed E-state index contributed by atoms with van der Waals surface area (Å²) in [4.78, 5) is 3.98. The standard InChI is InChI=1S/C12H10ClNO/c1-15-11-10(7-8-14-12(11)13)9-5-3-2-4-6-9/h2-8H,1H3. The molecule has 2 aromatic rings. The molecule has 15 heavy (non-hydrogen) atoms. The lowest BCUT2D eigenvalue weighted by atomic mass is 10.1. The molecule has 1 heterocycles. The smallest absolute Gasteiger partial charge is 0.171 e. The van der Waals surface area contributed by atoms with Crippen LogP contribution in [0.15, 0.2) is 42.6 Å². The van der Waals surface area contributed by atoms with E-state index in [1.54, 1.807) is 13.3 Å². The summed E-state index contributed by atoms with van der Waals surface area (Å²) in [7, 11) is 1.59. The van der Waals surface area contributed by atoms with Gasteiger partial charge in [-0.3, -0.25) is 0 Å². The zero-order valence-corrected chi connectivity index (χ0v) is 9.03. The van der Waals surface area contributed by atoms with E-state index in [1.165, 1.54) is 0 Å². The van der Waals surface area contributed by atoms with Crippen molar-refractivity contribution in [1.82, 2.24) is 4.98 Å². The number of ether oxygens (including phenoxy) is 1. The predicted molar refractivity (Wildman–Crippen MR) is 61.2 cm³/mol. The predicted octanol–water partition coefficient (Wildman–Crippen LogP) is 3.41. The third-order valence-electron chi connectivity index (χ3n) is 2.15. The molecule has 3 heteroatoms. The van der Waals surface area contributed by atoms with Crippen LogP contribution in [0.2, 0.25) is 5.15 Å². The second-order valence-corrected chi connectivity index (χ2v) is 3.41. The van der Waals surface area contributed by atoms with Gasteiger partial charge in [0.25, 0.3) is 0 Å². The number of pyridine rings is 1. The summed E-state index contributed by atoms with van der Waals surface area (Å²) in [5.41, 5.74) is 2.02. The molecule has 76 valence electrons. The Kier molecular flexibility index (Phi) is 2.88. The van der Waals surface area contributed by atoms with Gasteiger partial charge in [0, 0.05) is 11.8 Å². The van der Waals surface area contributed by atoms with Crippen molar-refractivity contribution in [3.63, 3.8) is 0 Å². The van der Waals surface area contributed by atoms with Crippen LogP contribution in [0.5, 0.6) is 5.75 Å². The van der Waals surface area contributed by atoms with Gasteiger partial charge in [-0.2, -0.15) is 0 Å². The van der Waals surface area contributed by atoms with Crippen LogP contribution in [-0.2, 0) is 0 Å². The minimum atomic E-state index is 0.388. The van der Waals surface area contributed by atoms with E-state index in [0.717, 1.165) is 11.1 Å². The lowest BCUT2D eigenvalue weighted by Crippen LogP contribution is -1.90. The second-order valence-electron chi connectivity index (χ2n) is 3.05. The van der Waals surface area contributed by atoms with Crippen LogP contribution in [0.4, 0.5) is 0 Å². The first-order valence-corrected chi connectivity index (χ1v) is 4.94. The molecule has 0 spiro atoms. The van der Waals surface area contributed by atoms with E-state index in [-0.39, 0.29) is 0 Å². The van der Waals surface area contributed by atoms with Gasteiger partial charge >= 0.3 is 0 Å². The zero-order valence-electron chi connectivity index (χ0n) is 8.27. The average Bonchev–Trinajstić information content (AvgIpc) is 2.30. The SMILES string of the molecule is COc1c(-c2ccccc2)ccnc1Cl. The highest BCUT2D eigenvalue weighted by molar-refractivity contribution is 6.31. The van der Waals surface area contributed by atoms with Crippen molar-refractivity contribution in [2.24, 2.45) is 0 Å². The fraction of sp³-hybridized carbons (Fsp3) is 0.0833. The maximum atomic E-state index is 5.94. The topological polar surface area (TPSA) is 22.1 Å². The van der Waals surface area contributed by atoms with Crippen LogP contribution < -0.4 is 4.74 Å². The average molecular weight is 220 g/mol. The number of nitrogens with zero attached hydrogens (tertiary/aromatic N) is 1. The van der Waals surface area contributed by atoms with Crippen LogP contribution >= 0.6 is 11.6 Å². The Morgan fingerprint density at radius 3 is 2.53 bits per heavy atom. The number of rotatable bonds is 2. The van der Waals surface area contributed by atoms with Crippen LogP contribution in [-0.4, -0.2) is 12.1 Å². The van der Waals surface area contributed by atoms with Gasteiger partial charge < -0.3 is 4.74 Å². The van der Waals surface area contributed by atoms with E-state index >= 15 is 0 Å². The van der Waals surface area contributed by atoms with Gasteiger partial charge in [0.05, 0.1) is 7.11 Å². The van der Waals surface area contributed by atoms with Crippen molar-refractivity contribution in [3.05, 3.63) is 47.7 Å². The Hall–Kier alpha value is -1.54. The molecule has 0 atom stereocenters. The molecule has 1 aromatic carbocycles. The highest BCUT2D eigenvalue weighted by Crippen LogP contribution is 2.33. The third-order valence-corrected chi connectivity index (χ3v) is 2.42. The molecule has 0 aliphatic rings. The first-order chi connectivity index (χ1) is 7.33. The molecular weight excluding hydrogens is 210 g/mol. The maximum absolute atomic E-state index is 5.94. The minimum Gasteiger partial charge on any atom is -0.493 e. The van der Waals surface area contributed by atoms with Gasteiger partial charge in [0.1, 0.15) is 0 Å². The van der Waals surface area contributed by atoms with E-state index < -0.39 is 0 Å². The first-order valence-electron chi connectivity index (χ1n) is 4.57. The van der Waals surface area contributed by atoms with Crippen molar-refractivity contribution in [2.45, 2.75) is 0 Å². The van der Waals surface area contributed by atoms with Crippen LogP contribution in [0.25, 0.3) is 11.1 Å². The highest BCUT2D eigenvalue weighted by atomic mass is 35.5. The molecule has 0 aliphatic carbocycles. The lowest BCUT2D eigenvalue weighted by molar-refractivity contribution is 0.415. The molecular formula is C12H10ClNO. The van der Waals surface area contributed by atoms with E-state index in [9.17, 15) is 0 Å². The Balaban J connectivity index is 2.58. The van der Waals surface area contributed by atoms with Crippen LogP contribution in [0, 0.1) is 0 Å². The summed E-state index contributed by atoms with van der Waals surface area (Å²) < 4.78 is 5.24. The van der Waals surface area contributed by atoms with Crippen molar-refractivity contribution >= 4 is 11.6 Å². The maximum Gasteiger partial charge on any atom is 0.171 e. The summed E-state index contributed by atoms with van der Waals surface area (Å²) in [6.45, 7) is 0. The normalized spacial score (nSPS) is 10.0. The van der Waals surface area contributed by atoms with Crippen molar-refractivity contribution in [3.8, 4) is 16.9 Å². The molecule has 2 nitrogen and oxygen atoms in total. The van der Waals surface area contributed by atoms with E-state index in [0.29, 0.717) is 10.9 Å². The fourth-order valence-corrected chi connectivity index (χ4v) is 1.70. The van der Waals surface area contributed by atoms with Crippen LogP contribution in [0.3, 0.4) is 0 Å². The molecule has 0 radical (unpaired) electrons. The van der Waals surface area contributed by atoms with Crippen LogP contribution in [0.1, 0.15) is 0 Å². The number of halogens is 1. The molecule has 2 rings (SSSR count). The minimum absolute atomic E-state index is 0.388. The number of hydrogen-bond acceptors (Lipinski definition) is 2. The highest BCUT2D eigenvalue weighted by Gasteiger charge is 2.09. The Bertz CT molecular complexity index is 456. The Labute approximate surface area is 93.5 Å². The van der Waals surface area contributed by atoms with E-state index in [1.807, 2.05) is 36.4 Å². The number of benzene rings is 1. The Morgan fingerprint density at radius 1 is 1.13 bits per heavy atom. The zero-order chi connectivity index (χ0) is 10.7. The van der Waals surface area contributed by atoms with Gasteiger partial charge in [-0.1, -0.05) is 41.9 Å². The van der Waals surface area contributed by atoms with Gasteiger partial charge in [-0.25, -0.2) is 4.98 Å². The number of aromatic nitrogens is 1. The van der Waals surface area contributed by atoms with E-state index in [2.05, 4.69) is 4.98 Å². The van der Waals surface area contributed by atoms with Crippen molar-refractivity contribution in [1.29, 1.82) is 0 Å². The molecule has 0 saturated heterocycles. The molecule has 0 unspecified atom stereocenters. The lowest BCUT2D eigenvalue weighted by Gasteiger charge is -2.08. The summed E-state index contributed by atoms with van der Waals surface area (Å²) in [5, 5.41) is 0.388. The second kappa shape index (κ2) is 4.32. The molecule has 0 aliphatic heterocycles. The Morgan fingerprint density at radius 2 is 1.87 bits per heavy atom. The first kappa shape index (κ1) is 9.99. The van der Waals surface area contributed by atoms with E-state index in [4.69, 9.17) is 16.3 Å². The van der Waals surface area contributed by atoms with Crippen molar-refractivity contribution in [2.75, 3.05) is 7.11 Å². The summed E-state index contributed by atoms with van der Waals surface area (Å²) in [6, 6.07) is 11.8. The number of hydrogen-bond donors (Lipinski definition) is 0. The summed E-state index contributed by atoms with van der Waals surface area (Å²) in [5.74, 6) is 0.616. The molecule has 0 bridgehead atoms. The molecule has 0 N–H and O–H groups in total. The molecule has 0 fully saturated rings.